The smallest absolute Gasteiger partial charge is 0.345 e. The number of hydrogen-bond donors (Lipinski definition) is 1. The molecule has 0 aromatic rings. The van der Waals surface area contributed by atoms with Crippen molar-refractivity contribution in [2.45, 2.75) is 39.5 Å². The highest BCUT2D eigenvalue weighted by atomic mass is 19.3. The Morgan fingerprint density at radius 1 is 1.42 bits per heavy atom. The molecule has 0 spiro atoms. The first-order valence-corrected chi connectivity index (χ1v) is 3.64. The van der Waals surface area contributed by atoms with E-state index >= 15 is 0 Å². The van der Waals surface area contributed by atoms with Crippen molar-refractivity contribution in [1.29, 1.82) is 0 Å². The summed E-state index contributed by atoms with van der Waals surface area (Å²) < 4.78 is 27.5. The number of nitrogens with one attached hydrogen (secondary N) is 1. The van der Waals surface area contributed by atoms with Crippen LogP contribution >= 0.6 is 0 Å². The van der Waals surface area contributed by atoms with Gasteiger partial charge in [0.15, 0.2) is 0 Å². The van der Waals surface area contributed by atoms with Gasteiger partial charge in [-0.2, -0.15) is 8.78 Å². The molecule has 0 bridgehead atoms. The third-order valence-electron chi connectivity index (χ3n) is 1.45. The van der Waals surface area contributed by atoms with Gasteiger partial charge in [0.1, 0.15) is 0 Å². The average molecular weight is 181 g/mol. The molecule has 12 heavy (non-hydrogen) atoms. The van der Waals surface area contributed by atoms with Crippen LogP contribution in [0.2, 0.25) is 0 Å². The molecule has 5 heteroatoms. The molecule has 0 radical (unpaired) electrons. The van der Waals surface area contributed by atoms with Gasteiger partial charge in [-0.25, -0.2) is 0 Å². The molecule has 0 aliphatic rings. The number of ether oxygens (including phenoxy) is 1. The van der Waals surface area contributed by atoms with Crippen molar-refractivity contribution in [1.82, 2.24) is 5.32 Å². The van der Waals surface area contributed by atoms with Gasteiger partial charge in [0.2, 0.25) is 5.91 Å². The molecule has 0 rings (SSSR count). The second kappa shape index (κ2) is 5.03. The highest BCUT2D eigenvalue weighted by Crippen LogP contribution is 2.04. The van der Waals surface area contributed by atoms with Gasteiger partial charge in [0.05, 0.1) is 12.1 Å². The summed E-state index contributed by atoms with van der Waals surface area (Å²) in [5, 5.41) is 2.45. The van der Waals surface area contributed by atoms with Crippen molar-refractivity contribution in [3.8, 4) is 0 Å². The van der Waals surface area contributed by atoms with Crippen LogP contribution in [0, 0.1) is 0 Å². The Morgan fingerprint density at radius 2 is 1.92 bits per heavy atom. The van der Waals surface area contributed by atoms with Crippen LogP contribution in [0.1, 0.15) is 20.8 Å². The molecule has 1 amide bonds. The van der Waals surface area contributed by atoms with Gasteiger partial charge in [0.25, 0.3) is 0 Å². The van der Waals surface area contributed by atoms with Crippen molar-refractivity contribution in [2.24, 2.45) is 0 Å². The highest BCUT2D eigenvalue weighted by Gasteiger charge is 2.17. The number of rotatable bonds is 4. The fourth-order valence-electron chi connectivity index (χ4n) is 0.718. The fraction of sp³-hybridized carbons (Fsp3) is 0.857. The summed E-state index contributed by atoms with van der Waals surface area (Å²) in [5.41, 5.74) is 0. The van der Waals surface area contributed by atoms with E-state index in [1.165, 1.54) is 13.8 Å². The van der Waals surface area contributed by atoms with Crippen LogP contribution in [0.25, 0.3) is 0 Å². The second-order valence-electron chi connectivity index (χ2n) is 2.59. The van der Waals surface area contributed by atoms with E-state index in [0.717, 1.165) is 0 Å². The van der Waals surface area contributed by atoms with E-state index in [4.69, 9.17) is 0 Å². The molecule has 0 aromatic heterocycles. The Bertz CT molecular complexity index is 152. The van der Waals surface area contributed by atoms with Crippen molar-refractivity contribution < 1.29 is 18.3 Å². The SMILES string of the molecule is CC(=O)NC(C)C(C)OC(F)F. The predicted molar refractivity (Wildman–Crippen MR) is 39.8 cm³/mol. The minimum Gasteiger partial charge on any atom is -0.351 e. The predicted octanol–water partition coefficient (Wildman–Crippen LogP) is 1.14. The van der Waals surface area contributed by atoms with Gasteiger partial charge in [-0.1, -0.05) is 0 Å². The van der Waals surface area contributed by atoms with Crippen molar-refractivity contribution >= 4 is 5.91 Å². The molecule has 0 heterocycles. The molecule has 0 saturated carbocycles. The maximum absolute atomic E-state index is 11.6. The summed E-state index contributed by atoms with van der Waals surface area (Å²) >= 11 is 0. The van der Waals surface area contributed by atoms with E-state index in [9.17, 15) is 13.6 Å². The monoisotopic (exact) mass is 181 g/mol. The van der Waals surface area contributed by atoms with Gasteiger partial charge < -0.3 is 10.1 Å². The molecule has 0 aromatic carbocycles. The zero-order valence-corrected chi connectivity index (χ0v) is 7.30. The maximum atomic E-state index is 11.6. The molecule has 72 valence electrons. The lowest BCUT2D eigenvalue weighted by Gasteiger charge is -2.20. The number of halogens is 2. The standard InChI is InChI=1S/C7H13F2NO2/c1-4(10-6(3)11)5(2)12-7(8)9/h4-5,7H,1-3H3,(H,10,11). The van der Waals surface area contributed by atoms with E-state index in [2.05, 4.69) is 10.1 Å². The van der Waals surface area contributed by atoms with E-state index in [-0.39, 0.29) is 5.91 Å². The minimum absolute atomic E-state index is 0.257. The minimum atomic E-state index is -2.80. The van der Waals surface area contributed by atoms with E-state index in [0.29, 0.717) is 0 Å². The lowest BCUT2D eigenvalue weighted by Crippen LogP contribution is -2.40. The maximum Gasteiger partial charge on any atom is 0.345 e. The van der Waals surface area contributed by atoms with Crippen LogP contribution in [0.4, 0.5) is 8.78 Å². The van der Waals surface area contributed by atoms with Gasteiger partial charge >= 0.3 is 6.61 Å². The Balaban J connectivity index is 3.76. The summed E-state index contributed by atoms with van der Waals surface area (Å²) in [7, 11) is 0. The third kappa shape index (κ3) is 5.01. The van der Waals surface area contributed by atoms with Crippen LogP contribution in [-0.4, -0.2) is 24.7 Å². The molecular weight excluding hydrogens is 168 g/mol. The van der Waals surface area contributed by atoms with E-state index in [1.54, 1.807) is 6.92 Å². The number of amides is 1. The largest absolute Gasteiger partial charge is 0.351 e. The molecule has 3 nitrogen and oxygen atoms in total. The van der Waals surface area contributed by atoms with Crippen LogP contribution in [0.5, 0.6) is 0 Å². The van der Waals surface area contributed by atoms with Crippen molar-refractivity contribution in [3.05, 3.63) is 0 Å². The first-order chi connectivity index (χ1) is 5.43. The normalized spacial score (nSPS) is 15.8. The first kappa shape index (κ1) is 11.3. The topological polar surface area (TPSA) is 38.3 Å². The number of hydrogen-bond acceptors (Lipinski definition) is 2. The Labute approximate surface area is 70.1 Å². The summed E-state index contributed by atoms with van der Waals surface area (Å²) in [6, 6.07) is -0.406. The summed E-state index contributed by atoms with van der Waals surface area (Å²) in [4.78, 5) is 10.5. The van der Waals surface area contributed by atoms with Crippen LogP contribution in [0.15, 0.2) is 0 Å². The second-order valence-corrected chi connectivity index (χ2v) is 2.59. The highest BCUT2D eigenvalue weighted by molar-refractivity contribution is 5.73. The first-order valence-electron chi connectivity index (χ1n) is 3.64. The molecule has 0 fully saturated rings. The van der Waals surface area contributed by atoms with Crippen LogP contribution in [0.3, 0.4) is 0 Å². The third-order valence-corrected chi connectivity index (χ3v) is 1.45. The van der Waals surface area contributed by atoms with Crippen molar-refractivity contribution in [3.63, 3.8) is 0 Å². The molecule has 2 unspecified atom stereocenters. The zero-order chi connectivity index (χ0) is 9.72. The van der Waals surface area contributed by atoms with Gasteiger partial charge in [0, 0.05) is 6.92 Å². The molecule has 0 aliphatic carbocycles. The van der Waals surface area contributed by atoms with Crippen LogP contribution < -0.4 is 5.32 Å². The lowest BCUT2D eigenvalue weighted by atomic mass is 10.2. The van der Waals surface area contributed by atoms with Gasteiger partial charge in [-0.3, -0.25) is 4.79 Å². The number of carbonyl (C=O) groups excluding carboxylic acids is 1. The lowest BCUT2D eigenvalue weighted by molar-refractivity contribution is -0.165. The van der Waals surface area contributed by atoms with E-state index < -0.39 is 18.8 Å². The Morgan fingerprint density at radius 3 is 2.25 bits per heavy atom. The Kier molecular flexibility index (Phi) is 4.73. The van der Waals surface area contributed by atoms with Crippen LogP contribution in [-0.2, 0) is 9.53 Å². The molecule has 0 aliphatic heterocycles. The Hall–Kier alpha value is -0.710. The summed E-state index contributed by atoms with van der Waals surface area (Å²) in [5.74, 6) is -0.257. The molecule has 0 saturated heterocycles. The number of alkyl halides is 2. The summed E-state index contributed by atoms with van der Waals surface area (Å²) in [6.07, 6.45) is -0.686. The fourth-order valence-corrected chi connectivity index (χ4v) is 0.718. The molecule has 1 N–H and O–H groups in total. The van der Waals surface area contributed by atoms with Gasteiger partial charge in [-0.15, -0.1) is 0 Å². The molecular formula is C7H13F2NO2. The average Bonchev–Trinajstić information content (AvgIpc) is 1.84. The van der Waals surface area contributed by atoms with Gasteiger partial charge in [-0.05, 0) is 13.8 Å². The quantitative estimate of drug-likeness (QED) is 0.706. The molecule has 2 atom stereocenters. The zero-order valence-electron chi connectivity index (χ0n) is 7.30. The van der Waals surface area contributed by atoms with E-state index in [1.807, 2.05) is 0 Å². The summed E-state index contributed by atoms with van der Waals surface area (Å²) in [6.45, 7) is 1.61. The van der Waals surface area contributed by atoms with Crippen molar-refractivity contribution in [2.75, 3.05) is 0 Å². The number of carbonyl (C=O) groups is 1.